The van der Waals surface area contributed by atoms with E-state index >= 15 is 0 Å². The molecule has 198 valence electrons. The summed E-state index contributed by atoms with van der Waals surface area (Å²) in [5.41, 5.74) is 1.24. The van der Waals surface area contributed by atoms with Crippen molar-refractivity contribution in [3.63, 3.8) is 0 Å². The average Bonchev–Trinajstić information content (AvgIpc) is 3.59. The third-order valence-electron chi connectivity index (χ3n) is 8.95. The highest BCUT2D eigenvalue weighted by molar-refractivity contribution is 6.05. The van der Waals surface area contributed by atoms with Gasteiger partial charge in [0.2, 0.25) is 11.8 Å². The van der Waals surface area contributed by atoms with Crippen LogP contribution in [0.3, 0.4) is 0 Å². The van der Waals surface area contributed by atoms with Crippen molar-refractivity contribution in [3.05, 3.63) is 59.5 Å². The molecule has 6 rings (SSSR count). The molecule has 1 aromatic carbocycles. The number of aliphatic hydroxyl groups is 3. The lowest BCUT2D eigenvalue weighted by Gasteiger charge is -2.43. The van der Waals surface area contributed by atoms with Crippen LogP contribution in [0.5, 0.6) is 0 Å². The number of nitrogens with zero attached hydrogens (tertiary/aromatic N) is 2. The molecule has 3 saturated heterocycles. The normalized spacial score (nSPS) is 34.7. The molecule has 0 radical (unpaired) electrons. The molecule has 1 aliphatic carbocycles. The molecule has 4 fully saturated rings. The quantitative estimate of drug-likeness (QED) is 0.503. The van der Waals surface area contributed by atoms with Gasteiger partial charge in [-0.05, 0) is 43.4 Å². The maximum Gasteiger partial charge on any atom is 0.233 e. The molecule has 0 bridgehead atoms. The Kier molecular flexibility index (Phi) is 6.45. The number of piperidine rings is 1. The molecule has 37 heavy (non-hydrogen) atoms. The Morgan fingerprint density at radius 2 is 1.73 bits per heavy atom. The molecule has 2 aromatic rings. The van der Waals surface area contributed by atoms with Crippen LogP contribution < -0.4 is 0 Å². The van der Waals surface area contributed by atoms with Crippen LogP contribution in [0.4, 0.5) is 0 Å². The second-order valence-corrected chi connectivity index (χ2v) is 10.9. The summed E-state index contributed by atoms with van der Waals surface area (Å²) in [6.07, 6.45) is 1.32. The summed E-state index contributed by atoms with van der Waals surface area (Å²) < 4.78 is 11.7. The molecule has 3 aliphatic heterocycles. The number of benzene rings is 1. The Morgan fingerprint density at radius 3 is 2.41 bits per heavy atom. The highest BCUT2D eigenvalue weighted by Gasteiger charge is 2.67. The third kappa shape index (κ3) is 4.13. The van der Waals surface area contributed by atoms with Gasteiger partial charge >= 0.3 is 0 Å². The first-order valence-corrected chi connectivity index (χ1v) is 13.3. The topological polar surface area (TPSA) is 124 Å². The van der Waals surface area contributed by atoms with Gasteiger partial charge in [-0.15, -0.1) is 0 Å². The van der Waals surface area contributed by atoms with Crippen molar-refractivity contribution < 1.29 is 34.1 Å². The van der Waals surface area contributed by atoms with Gasteiger partial charge in [0.15, 0.2) is 5.79 Å². The van der Waals surface area contributed by atoms with Crippen LogP contribution in [-0.2, 0) is 27.5 Å². The van der Waals surface area contributed by atoms with Crippen molar-refractivity contribution in [3.8, 4) is 0 Å². The van der Waals surface area contributed by atoms with E-state index in [4.69, 9.17) is 9.15 Å². The van der Waals surface area contributed by atoms with Crippen molar-refractivity contribution in [1.82, 2.24) is 9.80 Å². The predicted molar refractivity (Wildman–Crippen MR) is 130 cm³/mol. The largest absolute Gasteiger partial charge is 0.461 e. The molecule has 0 unspecified atom stereocenters. The van der Waals surface area contributed by atoms with E-state index in [9.17, 15) is 24.9 Å². The molecule has 6 atom stereocenters. The molecule has 4 aliphatic rings. The smallest absolute Gasteiger partial charge is 0.233 e. The maximum atomic E-state index is 13.8. The van der Waals surface area contributed by atoms with Gasteiger partial charge < -0.3 is 24.5 Å². The monoisotopic (exact) mass is 510 g/mol. The van der Waals surface area contributed by atoms with Crippen LogP contribution in [0, 0.1) is 23.7 Å². The van der Waals surface area contributed by atoms with E-state index in [-0.39, 0.29) is 37.5 Å². The zero-order valence-electron chi connectivity index (χ0n) is 20.7. The first-order chi connectivity index (χ1) is 17.9. The number of ether oxygens (including phenoxy) is 1. The van der Waals surface area contributed by atoms with E-state index in [1.807, 2.05) is 18.2 Å². The van der Waals surface area contributed by atoms with E-state index < -0.39 is 35.6 Å². The number of amides is 2. The molecule has 1 saturated carbocycles. The van der Waals surface area contributed by atoms with Crippen molar-refractivity contribution in [2.24, 2.45) is 23.7 Å². The highest BCUT2D eigenvalue weighted by Crippen LogP contribution is 2.58. The van der Waals surface area contributed by atoms with E-state index in [1.54, 1.807) is 12.1 Å². The zero-order valence-corrected chi connectivity index (χ0v) is 20.7. The minimum Gasteiger partial charge on any atom is -0.461 e. The number of fused-ring (bicyclic) bond motifs is 3. The SMILES string of the molecule is O=C1[C@H]2[C@H](C[C@H](CO)[C@@]3(O)O[C@H](c4ccc(CO)o4)C[C@@H]23)C(=O)N1C1CCN(Cc2ccccc2)CC1. The second-order valence-electron chi connectivity index (χ2n) is 10.9. The lowest BCUT2D eigenvalue weighted by molar-refractivity contribution is -0.275. The van der Waals surface area contributed by atoms with Crippen molar-refractivity contribution >= 4 is 11.8 Å². The Bertz CT molecular complexity index is 1140. The fourth-order valence-corrected chi connectivity index (χ4v) is 7.08. The Morgan fingerprint density at radius 1 is 0.973 bits per heavy atom. The molecule has 4 heterocycles. The first-order valence-electron chi connectivity index (χ1n) is 13.3. The molecule has 9 nitrogen and oxygen atoms in total. The van der Waals surface area contributed by atoms with Crippen molar-refractivity contribution in [1.29, 1.82) is 0 Å². The fourth-order valence-electron chi connectivity index (χ4n) is 7.08. The number of carbonyl (C=O) groups is 2. The second kappa shape index (κ2) is 9.63. The molecule has 3 N–H and O–H groups in total. The number of aliphatic hydroxyl groups excluding tert-OH is 2. The van der Waals surface area contributed by atoms with Gasteiger partial charge in [-0.25, -0.2) is 0 Å². The summed E-state index contributed by atoms with van der Waals surface area (Å²) in [6, 6.07) is 13.4. The standard InChI is InChI=1S/C28H34N2O7/c31-15-18-12-21-25(22-13-24(37-28(18,22)35)23-7-6-20(16-32)36-23)27(34)30(26(21)33)19-8-10-29(11-9-19)14-17-4-2-1-3-5-17/h1-7,18-19,21-22,24-25,31-32,35H,8-16H2/t18-,21+,22+,24+,25+,28-/m1/s1. The van der Waals surface area contributed by atoms with Crippen LogP contribution in [0.1, 0.15) is 48.9 Å². The van der Waals surface area contributed by atoms with E-state index in [0.717, 1.165) is 32.5 Å². The fraction of sp³-hybridized carbons (Fsp3) is 0.571. The predicted octanol–water partition coefficient (Wildman–Crippen LogP) is 1.82. The molecule has 0 spiro atoms. The molecular weight excluding hydrogens is 476 g/mol. The van der Waals surface area contributed by atoms with Gasteiger partial charge in [-0.3, -0.25) is 19.4 Å². The van der Waals surface area contributed by atoms with E-state index in [1.165, 1.54) is 10.5 Å². The van der Waals surface area contributed by atoms with Gasteiger partial charge in [0.05, 0.1) is 18.4 Å². The van der Waals surface area contributed by atoms with Crippen LogP contribution in [0.25, 0.3) is 0 Å². The number of likely N-dealkylation sites (tertiary alicyclic amines) is 2. The van der Waals surface area contributed by atoms with Crippen molar-refractivity contribution in [2.75, 3.05) is 19.7 Å². The number of furan rings is 1. The summed E-state index contributed by atoms with van der Waals surface area (Å²) >= 11 is 0. The van der Waals surface area contributed by atoms with Crippen molar-refractivity contribution in [2.45, 2.75) is 56.8 Å². The number of hydrogen-bond donors (Lipinski definition) is 3. The number of imide groups is 1. The number of carbonyl (C=O) groups excluding carboxylic acids is 2. The number of hydrogen-bond acceptors (Lipinski definition) is 8. The third-order valence-corrected chi connectivity index (χ3v) is 8.95. The summed E-state index contributed by atoms with van der Waals surface area (Å²) in [7, 11) is 0. The van der Waals surface area contributed by atoms with E-state index in [2.05, 4.69) is 17.0 Å². The van der Waals surface area contributed by atoms with Crippen LogP contribution in [0.15, 0.2) is 46.9 Å². The maximum absolute atomic E-state index is 13.8. The molecule has 9 heteroatoms. The lowest BCUT2D eigenvalue weighted by atomic mass is 9.64. The Labute approximate surface area is 215 Å². The van der Waals surface area contributed by atoms with Crippen LogP contribution in [-0.4, -0.2) is 68.5 Å². The minimum absolute atomic E-state index is 0.159. The van der Waals surface area contributed by atoms with Gasteiger partial charge in [-0.2, -0.15) is 0 Å². The molecule has 1 aromatic heterocycles. The van der Waals surface area contributed by atoms with Crippen LogP contribution in [0.2, 0.25) is 0 Å². The summed E-state index contributed by atoms with van der Waals surface area (Å²) in [5.74, 6) is -3.84. The molecular formula is C28H34N2O7. The van der Waals surface area contributed by atoms with Gasteiger partial charge in [0.1, 0.15) is 24.2 Å². The summed E-state index contributed by atoms with van der Waals surface area (Å²) in [6.45, 7) is 1.85. The molecule has 2 amide bonds. The average molecular weight is 511 g/mol. The van der Waals surface area contributed by atoms with E-state index in [0.29, 0.717) is 17.9 Å². The minimum atomic E-state index is -1.72. The zero-order chi connectivity index (χ0) is 25.7. The summed E-state index contributed by atoms with van der Waals surface area (Å²) in [5, 5.41) is 31.1. The van der Waals surface area contributed by atoms with Crippen LogP contribution >= 0.6 is 0 Å². The Balaban J connectivity index is 1.19. The lowest BCUT2D eigenvalue weighted by Crippen LogP contribution is -2.54. The van der Waals surface area contributed by atoms with Gasteiger partial charge in [-0.1, -0.05) is 30.3 Å². The van der Waals surface area contributed by atoms with Gasteiger partial charge in [0.25, 0.3) is 0 Å². The number of rotatable bonds is 6. The summed E-state index contributed by atoms with van der Waals surface area (Å²) in [4.78, 5) is 31.2. The first kappa shape index (κ1) is 24.8. The highest BCUT2D eigenvalue weighted by atomic mass is 16.6. The Hall–Kier alpha value is -2.56. The van der Waals surface area contributed by atoms with Gasteiger partial charge in [0, 0.05) is 37.5 Å².